The summed E-state index contributed by atoms with van der Waals surface area (Å²) in [6, 6.07) is 6.70. The standard InChI is InChI=1S/C18H24N2O4S/c21-18-6-3-11-19(18)14-7-9-15(10-8-14)25(22,23)20-12-13-24-17-5-2-1-4-16(17)20/h7-10,16-17H,1-6,11-13H2. The third kappa shape index (κ3) is 3.09. The lowest BCUT2D eigenvalue weighted by Gasteiger charge is -2.42. The first kappa shape index (κ1) is 17.0. The fraction of sp³-hybridized carbons (Fsp3) is 0.611. The second-order valence-corrected chi connectivity index (χ2v) is 8.91. The maximum absolute atomic E-state index is 13.1. The average molecular weight is 364 g/mol. The van der Waals surface area contributed by atoms with Gasteiger partial charge in [-0.25, -0.2) is 8.42 Å². The van der Waals surface area contributed by atoms with Gasteiger partial charge in [0.2, 0.25) is 15.9 Å². The molecule has 0 bridgehead atoms. The van der Waals surface area contributed by atoms with E-state index in [-0.39, 0.29) is 18.1 Å². The van der Waals surface area contributed by atoms with Crippen molar-refractivity contribution in [3.05, 3.63) is 24.3 Å². The van der Waals surface area contributed by atoms with Gasteiger partial charge < -0.3 is 9.64 Å². The third-order valence-corrected chi connectivity index (χ3v) is 7.45. The largest absolute Gasteiger partial charge is 0.375 e. The highest BCUT2D eigenvalue weighted by atomic mass is 32.2. The lowest BCUT2D eigenvalue weighted by molar-refractivity contribution is -0.117. The van der Waals surface area contributed by atoms with Crippen LogP contribution in [0, 0.1) is 0 Å². The van der Waals surface area contributed by atoms with E-state index in [2.05, 4.69) is 0 Å². The van der Waals surface area contributed by atoms with Crippen LogP contribution in [-0.4, -0.2) is 50.5 Å². The van der Waals surface area contributed by atoms with Crippen molar-refractivity contribution in [1.29, 1.82) is 0 Å². The number of amides is 1. The molecule has 2 heterocycles. The molecule has 1 aromatic carbocycles. The van der Waals surface area contributed by atoms with Crippen LogP contribution >= 0.6 is 0 Å². The number of sulfonamides is 1. The Morgan fingerprint density at radius 2 is 1.76 bits per heavy atom. The molecule has 2 unspecified atom stereocenters. The molecule has 4 rings (SSSR count). The van der Waals surface area contributed by atoms with Crippen LogP contribution < -0.4 is 4.90 Å². The highest BCUT2D eigenvalue weighted by molar-refractivity contribution is 7.89. The zero-order valence-corrected chi connectivity index (χ0v) is 15.1. The van der Waals surface area contributed by atoms with Gasteiger partial charge in [0.05, 0.1) is 23.6 Å². The van der Waals surface area contributed by atoms with Gasteiger partial charge in [0.25, 0.3) is 0 Å². The summed E-state index contributed by atoms with van der Waals surface area (Å²) in [6.07, 6.45) is 5.41. The summed E-state index contributed by atoms with van der Waals surface area (Å²) in [5.74, 6) is 0.105. The second-order valence-electron chi connectivity index (χ2n) is 7.02. The molecule has 3 aliphatic rings. The molecule has 0 radical (unpaired) electrons. The maximum atomic E-state index is 13.1. The monoisotopic (exact) mass is 364 g/mol. The molecule has 1 aromatic rings. The van der Waals surface area contributed by atoms with Crippen molar-refractivity contribution < 1.29 is 17.9 Å². The zero-order valence-electron chi connectivity index (χ0n) is 14.3. The van der Waals surface area contributed by atoms with E-state index in [4.69, 9.17) is 4.74 Å². The summed E-state index contributed by atoms with van der Waals surface area (Å²) in [5.41, 5.74) is 0.777. The molecule has 0 N–H and O–H groups in total. The molecule has 1 aliphatic carbocycles. The molecule has 2 atom stereocenters. The topological polar surface area (TPSA) is 66.9 Å². The smallest absolute Gasteiger partial charge is 0.243 e. The minimum absolute atomic E-state index is 0.0266. The summed E-state index contributed by atoms with van der Waals surface area (Å²) in [4.78, 5) is 13.9. The predicted octanol–water partition coefficient (Wildman–Crippen LogP) is 2.15. The van der Waals surface area contributed by atoms with Gasteiger partial charge in [-0.1, -0.05) is 12.8 Å². The summed E-state index contributed by atoms with van der Waals surface area (Å²) in [5, 5.41) is 0. The fourth-order valence-electron chi connectivity index (χ4n) is 4.21. The van der Waals surface area contributed by atoms with E-state index in [9.17, 15) is 13.2 Å². The first-order valence-electron chi connectivity index (χ1n) is 9.11. The molecule has 3 fully saturated rings. The van der Waals surface area contributed by atoms with E-state index in [0.29, 0.717) is 31.0 Å². The Morgan fingerprint density at radius 1 is 1.00 bits per heavy atom. The van der Waals surface area contributed by atoms with E-state index in [1.54, 1.807) is 33.5 Å². The molecule has 2 saturated heterocycles. The van der Waals surface area contributed by atoms with Crippen molar-refractivity contribution >= 4 is 21.6 Å². The Bertz CT molecular complexity index is 745. The fourth-order valence-corrected chi connectivity index (χ4v) is 5.88. The molecular weight excluding hydrogens is 340 g/mol. The summed E-state index contributed by atoms with van der Waals surface area (Å²) >= 11 is 0. The number of benzene rings is 1. The van der Waals surface area contributed by atoms with Crippen molar-refractivity contribution in [3.63, 3.8) is 0 Å². The highest BCUT2D eigenvalue weighted by Crippen LogP contribution is 2.33. The highest BCUT2D eigenvalue weighted by Gasteiger charge is 2.40. The molecule has 0 spiro atoms. The third-order valence-electron chi connectivity index (χ3n) is 5.51. The molecule has 2 aliphatic heterocycles. The van der Waals surface area contributed by atoms with Crippen LogP contribution in [0.15, 0.2) is 29.2 Å². The van der Waals surface area contributed by atoms with Gasteiger partial charge in [0, 0.05) is 25.2 Å². The number of fused-ring (bicyclic) bond motifs is 1. The van der Waals surface area contributed by atoms with Gasteiger partial charge in [-0.15, -0.1) is 0 Å². The van der Waals surface area contributed by atoms with Crippen LogP contribution in [0.5, 0.6) is 0 Å². The van der Waals surface area contributed by atoms with E-state index >= 15 is 0 Å². The second kappa shape index (κ2) is 6.70. The van der Waals surface area contributed by atoms with Crippen molar-refractivity contribution in [2.75, 3.05) is 24.6 Å². The molecule has 0 aromatic heterocycles. The molecule has 6 nitrogen and oxygen atoms in total. The Hall–Kier alpha value is -1.44. The Morgan fingerprint density at radius 3 is 2.48 bits per heavy atom. The zero-order chi connectivity index (χ0) is 17.4. The number of ether oxygens (including phenoxy) is 1. The lowest BCUT2D eigenvalue weighted by atomic mass is 9.91. The van der Waals surface area contributed by atoms with Crippen LogP contribution in [-0.2, 0) is 19.6 Å². The van der Waals surface area contributed by atoms with Crippen LogP contribution in [0.1, 0.15) is 38.5 Å². The molecule has 7 heteroatoms. The van der Waals surface area contributed by atoms with Crippen molar-refractivity contribution in [2.24, 2.45) is 0 Å². The van der Waals surface area contributed by atoms with Gasteiger partial charge in [0.15, 0.2) is 0 Å². The van der Waals surface area contributed by atoms with Gasteiger partial charge in [-0.05, 0) is 43.5 Å². The van der Waals surface area contributed by atoms with E-state index in [0.717, 1.165) is 37.8 Å². The quantitative estimate of drug-likeness (QED) is 0.824. The number of nitrogens with zero attached hydrogens (tertiary/aromatic N) is 2. The number of carbonyl (C=O) groups is 1. The lowest BCUT2D eigenvalue weighted by Crippen LogP contribution is -2.54. The van der Waals surface area contributed by atoms with E-state index in [1.807, 2.05) is 0 Å². The Labute approximate surface area is 148 Å². The van der Waals surface area contributed by atoms with Gasteiger partial charge in [0.1, 0.15) is 0 Å². The molecular formula is C18H24N2O4S. The summed E-state index contributed by atoms with van der Waals surface area (Å²) < 4.78 is 33.7. The van der Waals surface area contributed by atoms with E-state index < -0.39 is 10.0 Å². The number of hydrogen-bond acceptors (Lipinski definition) is 4. The predicted molar refractivity (Wildman–Crippen MR) is 93.9 cm³/mol. The van der Waals surface area contributed by atoms with Crippen LogP contribution in [0.3, 0.4) is 0 Å². The average Bonchev–Trinajstić information content (AvgIpc) is 3.07. The molecule has 136 valence electrons. The number of hydrogen-bond donors (Lipinski definition) is 0. The maximum Gasteiger partial charge on any atom is 0.243 e. The SMILES string of the molecule is O=C1CCCN1c1ccc(S(=O)(=O)N2CCOC3CCCCC32)cc1. The first-order valence-corrected chi connectivity index (χ1v) is 10.6. The van der Waals surface area contributed by atoms with E-state index in [1.165, 1.54) is 0 Å². The van der Waals surface area contributed by atoms with Crippen molar-refractivity contribution in [3.8, 4) is 0 Å². The summed E-state index contributed by atoms with van der Waals surface area (Å²) in [7, 11) is -3.54. The number of anilines is 1. The van der Waals surface area contributed by atoms with Crippen LogP contribution in [0.4, 0.5) is 5.69 Å². The number of carbonyl (C=O) groups excluding carboxylic acids is 1. The van der Waals surface area contributed by atoms with Crippen molar-refractivity contribution in [2.45, 2.75) is 55.6 Å². The first-order chi connectivity index (χ1) is 12.1. The van der Waals surface area contributed by atoms with Gasteiger partial charge in [-0.2, -0.15) is 4.31 Å². The Balaban J connectivity index is 1.58. The van der Waals surface area contributed by atoms with Crippen molar-refractivity contribution in [1.82, 2.24) is 4.31 Å². The van der Waals surface area contributed by atoms with Gasteiger partial charge >= 0.3 is 0 Å². The van der Waals surface area contributed by atoms with Crippen LogP contribution in [0.2, 0.25) is 0 Å². The molecule has 1 saturated carbocycles. The molecule has 25 heavy (non-hydrogen) atoms. The number of rotatable bonds is 3. The number of morpholine rings is 1. The minimum Gasteiger partial charge on any atom is -0.375 e. The molecule has 1 amide bonds. The minimum atomic E-state index is -3.54. The Kier molecular flexibility index (Phi) is 4.56. The normalized spacial score (nSPS) is 28.2. The van der Waals surface area contributed by atoms with Crippen LogP contribution in [0.25, 0.3) is 0 Å². The van der Waals surface area contributed by atoms with Gasteiger partial charge in [-0.3, -0.25) is 4.79 Å². The summed E-state index contributed by atoms with van der Waals surface area (Å²) in [6.45, 7) is 1.58.